The Morgan fingerprint density at radius 3 is 2.41 bits per heavy atom. The lowest BCUT2D eigenvalue weighted by Gasteiger charge is -2.10. The van der Waals surface area contributed by atoms with Gasteiger partial charge in [0.2, 0.25) is 5.91 Å². The summed E-state index contributed by atoms with van der Waals surface area (Å²) in [4.78, 5) is 16.2. The molecule has 1 aliphatic carbocycles. The summed E-state index contributed by atoms with van der Waals surface area (Å²) in [6, 6.07) is 2.60. The molecule has 1 fully saturated rings. The highest BCUT2D eigenvalue weighted by Crippen LogP contribution is 2.68. The second kappa shape index (κ2) is 5.14. The summed E-state index contributed by atoms with van der Waals surface area (Å²) in [5.41, 5.74) is -0.247. The van der Waals surface area contributed by atoms with Gasteiger partial charge in [0.1, 0.15) is 11.6 Å². The fraction of sp³-hybridized carbons (Fsp3) is 0.600. The van der Waals surface area contributed by atoms with Crippen molar-refractivity contribution < 1.29 is 22.7 Å². The minimum atomic E-state index is -4.41. The van der Waals surface area contributed by atoms with Crippen LogP contribution in [0.25, 0.3) is 0 Å². The molecule has 1 heterocycles. The number of hydrogen-bond acceptors (Lipinski definition) is 3. The van der Waals surface area contributed by atoms with Gasteiger partial charge < -0.3 is 10.1 Å². The number of nitrogens with one attached hydrogen (secondary N) is 1. The zero-order valence-electron chi connectivity index (χ0n) is 12.9. The van der Waals surface area contributed by atoms with Crippen LogP contribution in [0.5, 0.6) is 5.75 Å². The summed E-state index contributed by atoms with van der Waals surface area (Å²) in [7, 11) is 0. The predicted octanol–water partition coefficient (Wildman–Crippen LogP) is 3.64. The molecule has 0 atom stereocenters. The number of carbonyl (C=O) groups excluding carboxylic acids is 1. The maximum absolute atomic E-state index is 12.3. The number of nitrogens with zero attached hydrogens (tertiary/aromatic N) is 1. The van der Waals surface area contributed by atoms with Gasteiger partial charge in [-0.3, -0.25) is 4.79 Å². The van der Waals surface area contributed by atoms with Gasteiger partial charge in [-0.1, -0.05) is 27.7 Å². The minimum absolute atomic E-state index is 0.0111. The summed E-state index contributed by atoms with van der Waals surface area (Å²) < 4.78 is 41.0. The van der Waals surface area contributed by atoms with Crippen molar-refractivity contribution >= 4 is 11.7 Å². The number of aromatic nitrogens is 1. The number of halogens is 3. The molecule has 1 N–H and O–H groups in total. The van der Waals surface area contributed by atoms with Gasteiger partial charge in [-0.05, 0) is 16.9 Å². The van der Waals surface area contributed by atoms with Crippen molar-refractivity contribution in [1.82, 2.24) is 4.98 Å². The van der Waals surface area contributed by atoms with Gasteiger partial charge in [-0.25, -0.2) is 4.98 Å². The Morgan fingerprint density at radius 1 is 1.32 bits per heavy atom. The summed E-state index contributed by atoms with van der Waals surface area (Å²) in [6.45, 7) is 6.65. The standard InChI is InChI=1S/C15H19F3N2O2/c1-13(2)11(14(13,3)4)12(21)20-10-7-9(5-6-19-10)22-8-15(16,17)18/h5-7,11H,8H2,1-4H3,(H,19,20,21). The van der Waals surface area contributed by atoms with Gasteiger partial charge in [-0.15, -0.1) is 0 Å². The number of amides is 1. The average Bonchev–Trinajstić information content (AvgIpc) is 2.77. The van der Waals surface area contributed by atoms with Crippen molar-refractivity contribution in [3.8, 4) is 5.75 Å². The lowest BCUT2D eigenvalue weighted by atomic mass is 10.0. The Kier molecular flexibility index (Phi) is 3.87. The van der Waals surface area contributed by atoms with Crippen LogP contribution in [-0.4, -0.2) is 23.7 Å². The maximum Gasteiger partial charge on any atom is 0.422 e. The smallest absolute Gasteiger partial charge is 0.422 e. The Morgan fingerprint density at radius 2 is 1.91 bits per heavy atom. The maximum atomic E-state index is 12.3. The quantitative estimate of drug-likeness (QED) is 0.922. The molecule has 122 valence electrons. The number of rotatable bonds is 4. The third-order valence-electron chi connectivity index (χ3n) is 4.67. The lowest BCUT2D eigenvalue weighted by Crippen LogP contribution is -2.20. The fourth-order valence-electron chi connectivity index (χ4n) is 2.78. The van der Waals surface area contributed by atoms with Gasteiger partial charge in [0.05, 0.1) is 0 Å². The van der Waals surface area contributed by atoms with Crippen LogP contribution in [0.2, 0.25) is 0 Å². The Balaban J connectivity index is 2.01. The highest BCUT2D eigenvalue weighted by molar-refractivity contribution is 5.95. The van der Waals surface area contributed by atoms with E-state index in [9.17, 15) is 18.0 Å². The van der Waals surface area contributed by atoms with Crippen molar-refractivity contribution in [2.75, 3.05) is 11.9 Å². The Hall–Kier alpha value is -1.79. The third-order valence-corrected chi connectivity index (χ3v) is 4.67. The fourth-order valence-corrected chi connectivity index (χ4v) is 2.78. The van der Waals surface area contributed by atoms with E-state index in [0.29, 0.717) is 0 Å². The number of carbonyl (C=O) groups is 1. The average molecular weight is 316 g/mol. The molecule has 0 bridgehead atoms. The molecule has 0 saturated heterocycles. The molecule has 0 aliphatic heterocycles. The normalized spacial score (nSPS) is 19.6. The van der Waals surface area contributed by atoms with E-state index in [2.05, 4.69) is 15.0 Å². The van der Waals surface area contributed by atoms with E-state index >= 15 is 0 Å². The Labute approximate surface area is 127 Å². The molecule has 1 aromatic rings. The van der Waals surface area contributed by atoms with Crippen LogP contribution in [0.4, 0.5) is 19.0 Å². The molecule has 22 heavy (non-hydrogen) atoms. The molecule has 0 spiro atoms. The number of pyridine rings is 1. The van der Waals surface area contributed by atoms with Crippen LogP contribution in [0.3, 0.4) is 0 Å². The van der Waals surface area contributed by atoms with E-state index in [1.165, 1.54) is 18.3 Å². The van der Waals surface area contributed by atoms with Crippen molar-refractivity contribution in [1.29, 1.82) is 0 Å². The highest BCUT2D eigenvalue weighted by atomic mass is 19.4. The first kappa shape index (κ1) is 16.6. The van der Waals surface area contributed by atoms with Crippen molar-refractivity contribution in [3.05, 3.63) is 18.3 Å². The zero-order valence-corrected chi connectivity index (χ0v) is 12.9. The summed E-state index contributed by atoms with van der Waals surface area (Å²) in [6.07, 6.45) is -3.11. The highest BCUT2D eigenvalue weighted by Gasteiger charge is 2.68. The number of ether oxygens (including phenoxy) is 1. The molecule has 0 radical (unpaired) electrons. The molecule has 0 aromatic carbocycles. The van der Waals surface area contributed by atoms with Crippen LogP contribution >= 0.6 is 0 Å². The molecule has 2 rings (SSSR count). The van der Waals surface area contributed by atoms with Crippen LogP contribution in [0.15, 0.2) is 18.3 Å². The van der Waals surface area contributed by atoms with Crippen LogP contribution < -0.4 is 10.1 Å². The topological polar surface area (TPSA) is 51.2 Å². The van der Waals surface area contributed by atoms with E-state index in [-0.39, 0.29) is 34.2 Å². The van der Waals surface area contributed by atoms with E-state index in [1.807, 2.05) is 27.7 Å². The van der Waals surface area contributed by atoms with Crippen molar-refractivity contribution in [2.24, 2.45) is 16.7 Å². The van der Waals surface area contributed by atoms with Gasteiger partial charge in [0.15, 0.2) is 6.61 Å². The monoisotopic (exact) mass is 316 g/mol. The van der Waals surface area contributed by atoms with Crippen molar-refractivity contribution in [3.63, 3.8) is 0 Å². The summed E-state index contributed by atoms with van der Waals surface area (Å²) >= 11 is 0. The molecule has 1 amide bonds. The molecular weight excluding hydrogens is 297 g/mol. The second-order valence-electron chi connectivity index (χ2n) is 6.65. The van der Waals surface area contributed by atoms with Crippen LogP contribution in [0.1, 0.15) is 27.7 Å². The van der Waals surface area contributed by atoms with E-state index < -0.39 is 12.8 Å². The predicted molar refractivity (Wildman–Crippen MR) is 75.5 cm³/mol. The van der Waals surface area contributed by atoms with E-state index in [4.69, 9.17) is 0 Å². The van der Waals surface area contributed by atoms with Gasteiger partial charge in [0, 0.05) is 18.2 Å². The first-order valence-electron chi connectivity index (χ1n) is 6.91. The van der Waals surface area contributed by atoms with E-state index in [0.717, 1.165) is 0 Å². The van der Waals surface area contributed by atoms with Crippen LogP contribution in [0, 0.1) is 16.7 Å². The number of anilines is 1. The van der Waals surface area contributed by atoms with Gasteiger partial charge in [-0.2, -0.15) is 13.2 Å². The largest absolute Gasteiger partial charge is 0.484 e. The summed E-state index contributed by atoms with van der Waals surface area (Å²) in [5.74, 6) is -0.155. The summed E-state index contributed by atoms with van der Waals surface area (Å²) in [5, 5.41) is 2.64. The Bertz CT molecular complexity index is 568. The molecule has 1 saturated carbocycles. The van der Waals surface area contributed by atoms with E-state index in [1.54, 1.807) is 0 Å². The third kappa shape index (κ3) is 3.18. The SMILES string of the molecule is CC1(C)C(C(=O)Nc2cc(OCC(F)(F)F)ccn2)C1(C)C. The molecular formula is C15H19F3N2O2. The molecule has 1 aliphatic rings. The first-order valence-corrected chi connectivity index (χ1v) is 6.91. The molecule has 4 nitrogen and oxygen atoms in total. The molecule has 7 heteroatoms. The first-order chi connectivity index (χ1) is 9.95. The number of hydrogen-bond donors (Lipinski definition) is 1. The molecule has 1 aromatic heterocycles. The molecule has 0 unspecified atom stereocenters. The van der Waals surface area contributed by atoms with Gasteiger partial charge in [0.25, 0.3) is 0 Å². The van der Waals surface area contributed by atoms with Crippen molar-refractivity contribution in [2.45, 2.75) is 33.9 Å². The zero-order chi connectivity index (χ0) is 16.8. The van der Waals surface area contributed by atoms with Crippen LogP contribution in [-0.2, 0) is 4.79 Å². The van der Waals surface area contributed by atoms with Gasteiger partial charge >= 0.3 is 6.18 Å². The second-order valence-corrected chi connectivity index (χ2v) is 6.65. The minimum Gasteiger partial charge on any atom is -0.484 e. The lowest BCUT2D eigenvalue weighted by molar-refractivity contribution is -0.153. The number of alkyl halides is 3.